The second-order valence-electron chi connectivity index (χ2n) is 11.5. The molecule has 3 nitrogen and oxygen atoms in total. The lowest BCUT2D eigenvalue weighted by atomic mass is 9.82. The van der Waals surface area contributed by atoms with Gasteiger partial charge in [0.25, 0.3) is 0 Å². The van der Waals surface area contributed by atoms with E-state index in [-0.39, 0.29) is 13.1 Å². The van der Waals surface area contributed by atoms with E-state index in [0.29, 0.717) is 5.75 Å². The number of nitrogens with zero attached hydrogens (tertiary/aromatic N) is 1. The average molecular weight is 558 g/mol. The molecule has 0 aromatic heterocycles. The maximum Gasteiger partial charge on any atom is 0.504 e. The zero-order valence-electron chi connectivity index (χ0n) is 24.4. The van der Waals surface area contributed by atoms with Crippen LogP contribution in [0, 0.1) is 0 Å². The largest absolute Gasteiger partial charge is 0.539 e. The molecule has 7 rings (SSSR count). The third-order valence-electron chi connectivity index (χ3n) is 8.59. The number of anilines is 3. The van der Waals surface area contributed by atoms with Crippen LogP contribution in [-0.4, -0.2) is 12.7 Å². The lowest BCUT2D eigenvalue weighted by Crippen LogP contribution is -2.17. The van der Waals surface area contributed by atoms with Crippen LogP contribution in [0.15, 0.2) is 146 Å². The van der Waals surface area contributed by atoms with Crippen LogP contribution in [0.4, 0.5) is 17.1 Å². The van der Waals surface area contributed by atoms with Gasteiger partial charge in [0.15, 0.2) is 0 Å². The normalized spacial score (nSPS) is 12.7. The Morgan fingerprint density at radius 3 is 1.47 bits per heavy atom. The van der Waals surface area contributed by atoms with Crippen LogP contribution in [0.3, 0.4) is 0 Å². The molecule has 1 aliphatic carbocycles. The molecule has 0 radical (unpaired) electrons. The molecule has 0 unspecified atom stereocenters. The summed E-state index contributed by atoms with van der Waals surface area (Å²) in [5.74, 6) is 0.681. The molecule has 0 aliphatic heterocycles. The molecule has 1 aliphatic rings. The van der Waals surface area contributed by atoms with Gasteiger partial charge in [-0.05, 0) is 93.0 Å². The fourth-order valence-corrected chi connectivity index (χ4v) is 6.32. The molecular formula is C39H32BNO2. The first kappa shape index (κ1) is 26.8. The zero-order valence-corrected chi connectivity index (χ0v) is 24.4. The average Bonchev–Trinajstić information content (AvgIpc) is 3.28. The molecule has 43 heavy (non-hydrogen) atoms. The summed E-state index contributed by atoms with van der Waals surface area (Å²) in [6.45, 7) is 4.52. The topological polar surface area (TPSA) is 32.7 Å². The summed E-state index contributed by atoms with van der Waals surface area (Å²) in [6, 6.07) is 51.5. The Labute approximate surface area is 254 Å². The molecule has 208 valence electrons. The Hall–Kier alpha value is -5.06. The van der Waals surface area contributed by atoms with Gasteiger partial charge in [0, 0.05) is 22.5 Å². The van der Waals surface area contributed by atoms with Crippen molar-refractivity contribution >= 4 is 24.7 Å². The number of benzene rings is 6. The van der Waals surface area contributed by atoms with Crippen LogP contribution in [0.2, 0.25) is 0 Å². The van der Waals surface area contributed by atoms with Crippen molar-refractivity contribution < 1.29 is 9.68 Å². The molecule has 0 amide bonds. The molecule has 0 fully saturated rings. The summed E-state index contributed by atoms with van der Waals surface area (Å²) >= 11 is 0. The lowest BCUT2D eigenvalue weighted by molar-refractivity contribution is 0.453. The van der Waals surface area contributed by atoms with Crippen molar-refractivity contribution in [3.05, 3.63) is 157 Å². The summed E-state index contributed by atoms with van der Waals surface area (Å²) in [6.07, 6.45) is 0. The van der Waals surface area contributed by atoms with E-state index in [4.69, 9.17) is 4.65 Å². The van der Waals surface area contributed by atoms with Crippen molar-refractivity contribution in [2.75, 3.05) is 4.90 Å². The standard InChI is InChI=1S/C39H32BNO2/c1-39(2)37-25-33(21-23-35(37)36-24-22-34(43-40-42)26-38(36)39)41(31-17-13-29(14-18-31)27-9-5-3-6-10-27)32-19-15-30(16-20-32)28-11-7-4-8-12-28/h3-26,40,42H,1-2H3. The van der Waals surface area contributed by atoms with Gasteiger partial charge in [-0.2, -0.15) is 0 Å². The molecule has 0 bridgehead atoms. The van der Waals surface area contributed by atoms with Gasteiger partial charge >= 0.3 is 7.69 Å². The van der Waals surface area contributed by atoms with Crippen molar-refractivity contribution in [3.63, 3.8) is 0 Å². The van der Waals surface area contributed by atoms with Crippen LogP contribution in [-0.2, 0) is 5.41 Å². The third kappa shape index (κ3) is 4.90. The first-order valence-electron chi connectivity index (χ1n) is 14.7. The number of fused-ring (bicyclic) bond motifs is 3. The highest BCUT2D eigenvalue weighted by atomic mass is 16.5. The molecule has 6 aromatic carbocycles. The summed E-state index contributed by atoms with van der Waals surface area (Å²) in [7, 11) is -0.336. The molecule has 4 heteroatoms. The molecule has 0 heterocycles. The van der Waals surface area contributed by atoms with E-state index in [9.17, 15) is 5.02 Å². The van der Waals surface area contributed by atoms with Crippen molar-refractivity contribution in [2.45, 2.75) is 19.3 Å². The molecule has 1 N–H and O–H groups in total. The number of hydrogen-bond donors (Lipinski definition) is 1. The third-order valence-corrected chi connectivity index (χ3v) is 8.59. The minimum absolute atomic E-state index is 0.227. The van der Waals surface area contributed by atoms with Gasteiger partial charge < -0.3 is 14.6 Å². The van der Waals surface area contributed by atoms with Crippen molar-refractivity contribution in [1.29, 1.82) is 0 Å². The van der Waals surface area contributed by atoms with Crippen LogP contribution in [0.1, 0.15) is 25.0 Å². The molecule has 6 aromatic rings. The van der Waals surface area contributed by atoms with Crippen LogP contribution < -0.4 is 9.55 Å². The Bertz CT molecular complexity index is 1800. The molecular weight excluding hydrogens is 525 g/mol. The number of hydrogen-bond acceptors (Lipinski definition) is 3. The highest BCUT2D eigenvalue weighted by Gasteiger charge is 2.36. The maximum atomic E-state index is 9.32. The summed E-state index contributed by atoms with van der Waals surface area (Å²) in [4.78, 5) is 2.34. The lowest BCUT2D eigenvalue weighted by Gasteiger charge is -2.28. The fourth-order valence-electron chi connectivity index (χ4n) is 6.32. The second-order valence-corrected chi connectivity index (χ2v) is 11.5. The summed E-state index contributed by atoms with van der Waals surface area (Å²) < 4.78 is 5.43. The predicted molar refractivity (Wildman–Crippen MR) is 180 cm³/mol. The van der Waals surface area contributed by atoms with E-state index in [1.165, 1.54) is 44.5 Å². The van der Waals surface area contributed by atoms with E-state index in [1.54, 1.807) is 0 Å². The van der Waals surface area contributed by atoms with Crippen molar-refractivity contribution in [2.24, 2.45) is 0 Å². The van der Waals surface area contributed by atoms with Crippen molar-refractivity contribution in [1.82, 2.24) is 0 Å². The van der Waals surface area contributed by atoms with E-state index in [2.05, 4.69) is 146 Å². The summed E-state index contributed by atoms with van der Waals surface area (Å²) in [5.41, 5.74) is 12.8. The first-order chi connectivity index (χ1) is 21.0. The van der Waals surface area contributed by atoms with Gasteiger partial charge in [-0.1, -0.05) is 111 Å². The Balaban J connectivity index is 1.32. The first-order valence-corrected chi connectivity index (χ1v) is 14.7. The minimum Gasteiger partial charge on any atom is -0.539 e. The molecule has 0 saturated carbocycles. The highest BCUT2D eigenvalue weighted by Crippen LogP contribution is 2.51. The predicted octanol–water partition coefficient (Wildman–Crippen LogP) is 9.43. The van der Waals surface area contributed by atoms with Gasteiger partial charge in [0.1, 0.15) is 5.75 Å². The van der Waals surface area contributed by atoms with Gasteiger partial charge in [-0.3, -0.25) is 0 Å². The molecule has 0 atom stereocenters. The van der Waals surface area contributed by atoms with Crippen LogP contribution >= 0.6 is 0 Å². The summed E-state index contributed by atoms with van der Waals surface area (Å²) in [5, 5.41) is 9.32. The quantitative estimate of drug-likeness (QED) is 0.199. The number of rotatable bonds is 7. The van der Waals surface area contributed by atoms with Gasteiger partial charge in [0.2, 0.25) is 0 Å². The smallest absolute Gasteiger partial charge is 0.504 e. The zero-order chi connectivity index (χ0) is 29.4. The van der Waals surface area contributed by atoms with Gasteiger partial charge in [-0.15, -0.1) is 0 Å². The second kappa shape index (κ2) is 11.0. The Morgan fingerprint density at radius 2 is 0.953 bits per heavy atom. The van der Waals surface area contributed by atoms with Crippen molar-refractivity contribution in [3.8, 4) is 39.1 Å². The monoisotopic (exact) mass is 557 g/mol. The molecule has 0 spiro atoms. The van der Waals surface area contributed by atoms with E-state index >= 15 is 0 Å². The Kier molecular flexibility index (Phi) is 6.85. The SMILES string of the molecule is CC1(C)c2cc(OBO)ccc2-c2ccc(N(c3ccc(-c4ccccc4)cc3)c3ccc(-c4ccccc4)cc3)cc21. The van der Waals surface area contributed by atoms with E-state index < -0.39 is 0 Å². The van der Waals surface area contributed by atoms with Crippen LogP contribution in [0.5, 0.6) is 5.75 Å². The fraction of sp³-hybridized carbons (Fsp3) is 0.0769. The maximum absolute atomic E-state index is 9.32. The molecule has 0 saturated heterocycles. The van der Waals surface area contributed by atoms with Gasteiger partial charge in [-0.25, -0.2) is 0 Å². The van der Waals surface area contributed by atoms with E-state index in [1.807, 2.05) is 18.2 Å². The Morgan fingerprint density at radius 1 is 0.512 bits per heavy atom. The van der Waals surface area contributed by atoms with Crippen LogP contribution in [0.25, 0.3) is 33.4 Å². The van der Waals surface area contributed by atoms with E-state index in [0.717, 1.165) is 17.1 Å². The minimum atomic E-state index is -0.336. The van der Waals surface area contributed by atoms with Gasteiger partial charge in [0.05, 0.1) is 0 Å². The highest BCUT2D eigenvalue weighted by molar-refractivity contribution is 6.17.